The second kappa shape index (κ2) is 7.09. The maximum absolute atomic E-state index is 8.73. The highest BCUT2D eigenvalue weighted by Crippen LogP contribution is 2.17. The normalized spacial score (nSPS) is 12.2. The number of ether oxygens (including phenoxy) is 2. The molecule has 0 radical (unpaired) electrons. The molecular weight excluding hydrogens is 206 g/mol. The van der Waals surface area contributed by atoms with E-state index in [1.54, 1.807) is 0 Å². The molecule has 0 heterocycles. The lowest BCUT2D eigenvalue weighted by molar-refractivity contribution is 0.206. The van der Waals surface area contributed by atoms with Crippen molar-refractivity contribution in [2.24, 2.45) is 5.73 Å². The van der Waals surface area contributed by atoms with Gasteiger partial charge >= 0.3 is 0 Å². The van der Waals surface area contributed by atoms with Gasteiger partial charge in [-0.3, -0.25) is 0 Å². The minimum absolute atomic E-state index is 0.0717. The van der Waals surface area contributed by atoms with Gasteiger partial charge in [-0.1, -0.05) is 6.92 Å². The summed E-state index contributed by atoms with van der Waals surface area (Å²) in [5, 5.41) is 8.73. The first-order valence-electron chi connectivity index (χ1n) is 5.48. The van der Waals surface area contributed by atoms with Crippen LogP contribution in [0.5, 0.6) is 11.5 Å². The standard InChI is InChI=1S/C12H19NO3/c1-2-7-15-11-3-5-12(6-4-11)16-9-10(13)8-14/h3-6,10,14H,2,7-9,13H2,1H3. The third-order valence-electron chi connectivity index (χ3n) is 2.00. The Bertz CT molecular complexity index is 287. The molecular formula is C12H19NO3. The number of aliphatic hydroxyl groups excluding tert-OH is 1. The van der Waals surface area contributed by atoms with E-state index in [0.717, 1.165) is 24.5 Å². The second-order valence-electron chi connectivity index (χ2n) is 3.57. The van der Waals surface area contributed by atoms with Crippen molar-refractivity contribution >= 4 is 0 Å². The molecule has 90 valence electrons. The lowest BCUT2D eigenvalue weighted by atomic mass is 10.3. The average Bonchev–Trinajstić information content (AvgIpc) is 2.34. The van der Waals surface area contributed by atoms with Gasteiger partial charge in [0, 0.05) is 0 Å². The minimum Gasteiger partial charge on any atom is -0.494 e. The van der Waals surface area contributed by atoms with Crippen molar-refractivity contribution in [3.05, 3.63) is 24.3 Å². The predicted octanol–water partition coefficient (Wildman–Crippen LogP) is 1.17. The zero-order chi connectivity index (χ0) is 11.8. The van der Waals surface area contributed by atoms with Gasteiger partial charge in [0.25, 0.3) is 0 Å². The maximum atomic E-state index is 8.73. The van der Waals surface area contributed by atoms with Crippen molar-refractivity contribution in [2.45, 2.75) is 19.4 Å². The van der Waals surface area contributed by atoms with Gasteiger partial charge < -0.3 is 20.3 Å². The van der Waals surface area contributed by atoms with Crippen LogP contribution in [-0.4, -0.2) is 31.0 Å². The third-order valence-corrected chi connectivity index (χ3v) is 2.00. The van der Waals surface area contributed by atoms with Crippen molar-refractivity contribution in [3.63, 3.8) is 0 Å². The summed E-state index contributed by atoms with van der Waals surface area (Å²) in [7, 11) is 0. The summed E-state index contributed by atoms with van der Waals surface area (Å²) in [4.78, 5) is 0. The molecule has 0 aliphatic rings. The maximum Gasteiger partial charge on any atom is 0.119 e. The van der Waals surface area contributed by atoms with Gasteiger partial charge in [-0.15, -0.1) is 0 Å². The lowest BCUT2D eigenvalue weighted by Gasteiger charge is -2.11. The summed E-state index contributed by atoms with van der Waals surface area (Å²) in [6, 6.07) is 7.03. The van der Waals surface area contributed by atoms with Crippen LogP contribution in [-0.2, 0) is 0 Å². The zero-order valence-corrected chi connectivity index (χ0v) is 9.56. The highest BCUT2D eigenvalue weighted by Gasteiger charge is 2.01. The molecule has 1 aromatic rings. The van der Waals surface area contributed by atoms with Crippen LogP contribution in [0.1, 0.15) is 13.3 Å². The van der Waals surface area contributed by atoms with Crippen molar-refractivity contribution in [1.82, 2.24) is 0 Å². The Labute approximate surface area is 96.0 Å². The molecule has 0 aliphatic carbocycles. The zero-order valence-electron chi connectivity index (χ0n) is 9.56. The van der Waals surface area contributed by atoms with E-state index >= 15 is 0 Å². The molecule has 0 saturated heterocycles. The molecule has 0 fully saturated rings. The molecule has 4 nitrogen and oxygen atoms in total. The molecule has 0 spiro atoms. The second-order valence-corrected chi connectivity index (χ2v) is 3.57. The van der Waals surface area contributed by atoms with Crippen LogP contribution in [0.15, 0.2) is 24.3 Å². The van der Waals surface area contributed by atoms with Gasteiger partial charge in [-0.25, -0.2) is 0 Å². The molecule has 1 unspecified atom stereocenters. The van der Waals surface area contributed by atoms with Crippen LogP contribution in [0.3, 0.4) is 0 Å². The Balaban J connectivity index is 2.38. The Hall–Kier alpha value is -1.26. The van der Waals surface area contributed by atoms with E-state index in [-0.39, 0.29) is 12.6 Å². The van der Waals surface area contributed by atoms with E-state index in [1.165, 1.54) is 0 Å². The first-order chi connectivity index (χ1) is 7.76. The van der Waals surface area contributed by atoms with Gasteiger partial charge in [0.05, 0.1) is 19.3 Å². The summed E-state index contributed by atoms with van der Waals surface area (Å²) in [6.45, 7) is 3.02. The van der Waals surface area contributed by atoms with Crippen LogP contribution in [0, 0.1) is 0 Å². The van der Waals surface area contributed by atoms with Crippen LogP contribution < -0.4 is 15.2 Å². The Kier molecular flexibility index (Phi) is 5.67. The van der Waals surface area contributed by atoms with Crippen molar-refractivity contribution < 1.29 is 14.6 Å². The number of hydrogen-bond acceptors (Lipinski definition) is 4. The highest BCUT2D eigenvalue weighted by atomic mass is 16.5. The summed E-state index contributed by atoms with van der Waals surface area (Å²) < 4.78 is 10.8. The van der Waals surface area contributed by atoms with E-state index in [0.29, 0.717) is 6.61 Å². The van der Waals surface area contributed by atoms with Crippen LogP contribution >= 0.6 is 0 Å². The lowest BCUT2D eigenvalue weighted by Crippen LogP contribution is -2.31. The fraction of sp³-hybridized carbons (Fsp3) is 0.500. The van der Waals surface area contributed by atoms with Gasteiger partial charge in [-0.05, 0) is 30.7 Å². The average molecular weight is 225 g/mol. The smallest absolute Gasteiger partial charge is 0.119 e. The Morgan fingerprint density at radius 3 is 2.25 bits per heavy atom. The van der Waals surface area contributed by atoms with Crippen molar-refractivity contribution in [1.29, 1.82) is 0 Å². The van der Waals surface area contributed by atoms with Crippen LogP contribution in [0.4, 0.5) is 0 Å². The number of nitrogens with two attached hydrogens (primary N) is 1. The molecule has 16 heavy (non-hydrogen) atoms. The largest absolute Gasteiger partial charge is 0.494 e. The first-order valence-corrected chi connectivity index (χ1v) is 5.48. The van der Waals surface area contributed by atoms with E-state index in [2.05, 4.69) is 6.92 Å². The van der Waals surface area contributed by atoms with Crippen LogP contribution in [0.2, 0.25) is 0 Å². The van der Waals surface area contributed by atoms with E-state index < -0.39 is 0 Å². The molecule has 0 aromatic heterocycles. The van der Waals surface area contributed by atoms with E-state index in [4.69, 9.17) is 20.3 Å². The third kappa shape index (κ3) is 4.51. The predicted molar refractivity (Wildman–Crippen MR) is 62.8 cm³/mol. The molecule has 1 atom stereocenters. The quantitative estimate of drug-likeness (QED) is 0.731. The summed E-state index contributed by atoms with van der Waals surface area (Å²) in [6.07, 6.45) is 0.990. The van der Waals surface area contributed by atoms with E-state index in [9.17, 15) is 0 Å². The van der Waals surface area contributed by atoms with E-state index in [1.807, 2.05) is 24.3 Å². The first kappa shape index (κ1) is 12.8. The number of aliphatic hydroxyl groups is 1. The monoisotopic (exact) mass is 225 g/mol. The molecule has 4 heteroatoms. The van der Waals surface area contributed by atoms with Gasteiger partial charge in [-0.2, -0.15) is 0 Å². The summed E-state index contributed by atoms with van der Waals surface area (Å²) in [5.74, 6) is 1.56. The number of hydrogen-bond donors (Lipinski definition) is 2. The van der Waals surface area contributed by atoms with Gasteiger partial charge in [0.1, 0.15) is 18.1 Å². The molecule has 0 aliphatic heterocycles. The molecule has 3 N–H and O–H groups in total. The van der Waals surface area contributed by atoms with Crippen molar-refractivity contribution in [2.75, 3.05) is 19.8 Å². The molecule has 0 saturated carbocycles. The van der Waals surface area contributed by atoms with Gasteiger partial charge in [0.15, 0.2) is 0 Å². The van der Waals surface area contributed by atoms with Gasteiger partial charge in [0.2, 0.25) is 0 Å². The summed E-state index contributed by atoms with van der Waals surface area (Å²) >= 11 is 0. The summed E-state index contributed by atoms with van der Waals surface area (Å²) in [5.41, 5.74) is 5.52. The molecule has 1 aromatic carbocycles. The molecule has 1 rings (SSSR count). The molecule has 0 amide bonds. The highest BCUT2D eigenvalue weighted by molar-refractivity contribution is 5.31. The Morgan fingerprint density at radius 2 is 1.75 bits per heavy atom. The van der Waals surface area contributed by atoms with Crippen LogP contribution in [0.25, 0.3) is 0 Å². The fourth-order valence-electron chi connectivity index (χ4n) is 1.11. The number of rotatable bonds is 7. The van der Waals surface area contributed by atoms with Crippen molar-refractivity contribution in [3.8, 4) is 11.5 Å². The minimum atomic E-state index is -0.337. The Morgan fingerprint density at radius 1 is 1.19 bits per heavy atom. The topological polar surface area (TPSA) is 64.7 Å². The SMILES string of the molecule is CCCOc1ccc(OCC(N)CO)cc1. The molecule has 0 bridgehead atoms. The fourth-order valence-corrected chi connectivity index (χ4v) is 1.11. The number of benzene rings is 1.